The number of rotatable bonds is 8. The van der Waals surface area contributed by atoms with E-state index < -0.39 is 10.0 Å². The van der Waals surface area contributed by atoms with Gasteiger partial charge in [-0.2, -0.15) is 4.31 Å². The average Bonchev–Trinajstić information content (AvgIpc) is 2.86. The molecular weight excluding hydrogens is 515 g/mol. The van der Waals surface area contributed by atoms with Crippen LogP contribution in [0.5, 0.6) is 0 Å². The van der Waals surface area contributed by atoms with Gasteiger partial charge in [-0.1, -0.05) is 77.3 Å². The Balaban J connectivity index is 1.48. The molecule has 1 aliphatic heterocycles. The molecule has 0 atom stereocenters. The van der Waals surface area contributed by atoms with Crippen LogP contribution < -0.4 is 0 Å². The first-order valence-electron chi connectivity index (χ1n) is 12.0. The molecule has 1 saturated heterocycles. The van der Waals surface area contributed by atoms with Gasteiger partial charge in [-0.3, -0.25) is 4.79 Å². The zero-order valence-corrected chi connectivity index (χ0v) is 22.6. The Bertz CT molecular complexity index is 1290. The molecule has 0 aliphatic carbocycles. The van der Waals surface area contributed by atoms with Gasteiger partial charge in [-0.15, -0.1) is 0 Å². The Labute approximate surface area is 223 Å². The van der Waals surface area contributed by atoms with Crippen LogP contribution in [-0.4, -0.2) is 43.2 Å². The topological polar surface area (TPSA) is 57.7 Å². The maximum absolute atomic E-state index is 13.6. The summed E-state index contributed by atoms with van der Waals surface area (Å²) in [4.78, 5) is 15.2. The molecule has 0 radical (unpaired) electrons. The normalized spacial score (nSPS) is 14.8. The zero-order valence-electron chi connectivity index (χ0n) is 20.2. The van der Waals surface area contributed by atoms with Gasteiger partial charge in [-0.25, -0.2) is 8.42 Å². The fourth-order valence-corrected chi connectivity index (χ4v) is 6.35. The standard InChI is InChI=1S/C28H30Cl2N2O3S/c1-21-7-11-26(12-8-21)36(34,35)32(19-24-9-10-25(29)18-27(24)30)20-28(33)31-15-13-23(14-16-31)17-22-5-3-2-4-6-22/h2-12,18,23H,13-17,19-20H2,1H3. The monoisotopic (exact) mass is 544 g/mol. The van der Waals surface area contributed by atoms with Crippen molar-refractivity contribution in [3.05, 3.63) is 99.5 Å². The number of carbonyl (C=O) groups is 1. The molecule has 1 amide bonds. The molecule has 3 aromatic carbocycles. The smallest absolute Gasteiger partial charge is 0.243 e. The van der Waals surface area contributed by atoms with Crippen molar-refractivity contribution in [2.45, 2.75) is 37.6 Å². The maximum Gasteiger partial charge on any atom is 0.243 e. The first-order valence-corrected chi connectivity index (χ1v) is 14.2. The third-order valence-corrected chi connectivity index (χ3v) is 9.06. The van der Waals surface area contributed by atoms with Gasteiger partial charge in [0.2, 0.25) is 15.9 Å². The fourth-order valence-electron chi connectivity index (χ4n) is 4.51. The quantitative estimate of drug-likeness (QED) is 0.350. The van der Waals surface area contributed by atoms with Gasteiger partial charge in [0.15, 0.2) is 0 Å². The molecular formula is C28H30Cl2N2O3S. The van der Waals surface area contributed by atoms with Crippen molar-refractivity contribution in [3.63, 3.8) is 0 Å². The van der Waals surface area contributed by atoms with E-state index in [-0.39, 0.29) is 23.9 Å². The Morgan fingerprint density at radius 3 is 2.28 bits per heavy atom. The minimum absolute atomic E-state index is 0.0254. The van der Waals surface area contributed by atoms with Crippen LogP contribution in [0.3, 0.4) is 0 Å². The van der Waals surface area contributed by atoms with Crippen LogP contribution in [0.1, 0.15) is 29.5 Å². The van der Waals surface area contributed by atoms with Crippen LogP contribution in [0.25, 0.3) is 0 Å². The molecule has 1 fully saturated rings. The van der Waals surface area contributed by atoms with E-state index >= 15 is 0 Å². The summed E-state index contributed by atoms with van der Waals surface area (Å²) >= 11 is 12.4. The molecule has 5 nitrogen and oxygen atoms in total. The van der Waals surface area contributed by atoms with Crippen molar-refractivity contribution in [1.29, 1.82) is 0 Å². The summed E-state index contributed by atoms with van der Waals surface area (Å²) in [6, 6.07) is 21.9. The van der Waals surface area contributed by atoms with Gasteiger partial charge >= 0.3 is 0 Å². The lowest BCUT2D eigenvalue weighted by atomic mass is 9.90. The van der Waals surface area contributed by atoms with E-state index in [4.69, 9.17) is 23.2 Å². The van der Waals surface area contributed by atoms with Gasteiger partial charge < -0.3 is 4.90 Å². The highest BCUT2D eigenvalue weighted by molar-refractivity contribution is 7.89. The van der Waals surface area contributed by atoms with E-state index in [1.807, 2.05) is 25.1 Å². The first kappa shape index (κ1) is 26.7. The second-order valence-electron chi connectivity index (χ2n) is 9.34. The highest BCUT2D eigenvalue weighted by Crippen LogP contribution is 2.27. The van der Waals surface area contributed by atoms with Gasteiger partial charge in [0, 0.05) is 29.7 Å². The number of benzene rings is 3. The molecule has 0 saturated carbocycles. The third kappa shape index (κ3) is 6.68. The van der Waals surface area contributed by atoms with Crippen molar-refractivity contribution in [2.24, 2.45) is 5.92 Å². The second-order valence-corrected chi connectivity index (χ2v) is 12.1. The number of likely N-dealkylation sites (tertiary alicyclic amines) is 1. The van der Waals surface area contributed by atoms with Gasteiger partial charge in [-0.05, 0) is 67.5 Å². The highest BCUT2D eigenvalue weighted by atomic mass is 35.5. The van der Waals surface area contributed by atoms with Gasteiger partial charge in [0.25, 0.3) is 0 Å². The molecule has 0 aromatic heterocycles. The van der Waals surface area contributed by atoms with E-state index in [9.17, 15) is 13.2 Å². The summed E-state index contributed by atoms with van der Waals surface area (Å²) in [5.74, 6) is 0.311. The van der Waals surface area contributed by atoms with Crippen molar-refractivity contribution in [1.82, 2.24) is 9.21 Å². The van der Waals surface area contributed by atoms with E-state index in [0.29, 0.717) is 34.6 Å². The van der Waals surface area contributed by atoms with Crippen molar-refractivity contribution in [2.75, 3.05) is 19.6 Å². The Morgan fingerprint density at radius 2 is 1.64 bits per heavy atom. The lowest BCUT2D eigenvalue weighted by Gasteiger charge is -2.33. The molecule has 4 rings (SSSR count). The Hall–Kier alpha value is -2.38. The molecule has 0 spiro atoms. The number of hydrogen-bond donors (Lipinski definition) is 0. The predicted octanol–water partition coefficient (Wildman–Crippen LogP) is 5.97. The minimum Gasteiger partial charge on any atom is -0.342 e. The Morgan fingerprint density at radius 1 is 0.972 bits per heavy atom. The minimum atomic E-state index is -3.93. The van der Waals surface area contributed by atoms with Crippen LogP contribution in [0.2, 0.25) is 10.0 Å². The van der Waals surface area contributed by atoms with Crippen LogP contribution in [0.15, 0.2) is 77.7 Å². The number of halogens is 2. The summed E-state index contributed by atoms with van der Waals surface area (Å²) in [6.45, 7) is 2.86. The van der Waals surface area contributed by atoms with E-state index in [2.05, 4.69) is 12.1 Å². The highest BCUT2D eigenvalue weighted by Gasteiger charge is 2.31. The number of aryl methyl sites for hydroxylation is 1. The number of sulfonamides is 1. The lowest BCUT2D eigenvalue weighted by Crippen LogP contribution is -2.45. The number of carbonyl (C=O) groups excluding carboxylic acids is 1. The van der Waals surface area contributed by atoms with Crippen LogP contribution in [-0.2, 0) is 27.8 Å². The number of nitrogens with zero attached hydrogens (tertiary/aromatic N) is 2. The van der Waals surface area contributed by atoms with Crippen LogP contribution >= 0.6 is 23.2 Å². The summed E-state index contributed by atoms with van der Waals surface area (Å²) < 4.78 is 28.4. The lowest BCUT2D eigenvalue weighted by molar-refractivity contribution is -0.132. The average molecular weight is 546 g/mol. The fraction of sp³-hybridized carbons (Fsp3) is 0.321. The molecule has 0 N–H and O–H groups in total. The first-order chi connectivity index (χ1) is 17.2. The van der Waals surface area contributed by atoms with Gasteiger partial charge in [0.1, 0.15) is 0 Å². The SMILES string of the molecule is Cc1ccc(S(=O)(=O)N(CC(=O)N2CCC(Cc3ccccc3)CC2)Cc2ccc(Cl)cc2Cl)cc1. The molecule has 8 heteroatoms. The van der Waals surface area contributed by atoms with E-state index in [0.717, 1.165) is 24.8 Å². The molecule has 0 bridgehead atoms. The molecule has 36 heavy (non-hydrogen) atoms. The van der Waals surface area contributed by atoms with E-state index in [1.54, 1.807) is 47.4 Å². The number of piperidine rings is 1. The Kier molecular flexibility index (Phi) is 8.73. The molecule has 190 valence electrons. The second kappa shape index (κ2) is 11.8. The molecule has 0 unspecified atom stereocenters. The molecule has 3 aromatic rings. The molecule has 1 heterocycles. The zero-order chi connectivity index (χ0) is 25.7. The summed E-state index contributed by atoms with van der Waals surface area (Å²) in [7, 11) is -3.93. The van der Waals surface area contributed by atoms with Crippen LogP contribution in [0, 0.1) is 12.8 Å². The van der Waals surface area contributed by atoms with Gasteiger partial charge in [0.05, 0.1) is 11.4 Å². The van der Waals surface area contributed by atoms with E-state index in [1.165, 1.54) is 9.87 Å². The maximum atomic E-state index is 13.6. The van der Waals surface area contributed by atoms with Crippen molar-refractivity contribution >= 4 is 39.1 Å². The number of hydrogen-bond acceptors (Lipinski definition) is 3. The van der Waals surface area contributed by atoms with Crippen molar-refractivity contribution in [3.8, 4) is 0 Å². The summed E-state index contributed by atoms with van der Waals surface area (Å²) in [5, 5.41) is 0.826. The van der Waals surface area contributed by atoms with Crippen LogP contribution in [0.4, 0.5) is 0 Å². The largest absolute Gasteiger partial charge is 0.342 e. The summed E-state index contributed by atoms with van der Waals surface area (Å²) in [5.41, 5.74) is 2.85. The summed E-state index contributed by atoms with van der Waals surface area (Å²) in [6.07, 6.45) is 2.79. The van der Waals surface area contributed by atoms with Crippen molar-refractivity contribution < 1.29 is 13.2 Å². The third-order valence-electron chi connectivity index (χ3n) is 6.67. The predicted molar refractivity (Wildman–Crippen MR) is 145 cm³/mol. The molecule has 1 aliphatic rings. The number of amides is 1.